The minimum Gasteiger partial charge on any atom is -0.494 e. The maximum atomic E-state index is 5.69. The summed E-state index contributed by atoms with van der Waals surface area (Å²) in [5.41, 5.74) is 2.24. The standard InChI is InChI=1S/C20H28N4O2/c1-3-25-19-9-16(10-20(11-19)26-4-2)14-24-7-5-17(6-8-24)23-18-12-21-15-22-13-18/h9-13,15,17,23H,3-8,14H2,1-2H3. The van der Waals surface area contributed by atoms with Gasteiger partial charge >= 0.3 is 0 Å². The topological polar surface area (TPSA) is 59.5 Å². The van der Waals surface area contributed by atoms with Crippen molar-refractivity contribution in [1.29, 1.82) is 0 Å². The van der Waals surface area contributed by atoms with Crippen LogP contribution in [0.25, 0.3) is 0 Å². The molecule has 1 aromatic carbocycles. The van der Waals surface area contributed by atoms with Crippen molar-refractivity contribution < 1.29 is 9.47 Å². The lowest BCUT2D eigenvalue weighted by Crippen LogP contribution is -2.38. The first-order chi connectivity index (χ1) is 12.8. The number of likely N-dealkylation sites (tertiary alicyclic amines) is 1. The van der Waals surface area contributed by atoms with Crippen LogP contribution in [-0.4, -0.2) is 47.2 Å². The second-order valence-electron chi connectivity index (χ2n) is 6.50. The van der Waals surface area contributed by atoms with E-state index >= 15 is 0 Å². The summed E-state index contributed by atoms with van der Waals surface area (Å²) < 4.78 is 11.4. The molecule has 0 unspecified atom stereocenters. The van der Waals surface area contributed by atoms with E-state index < -0.39 is 0 Å². The van der Waals surface area contributed by atoms with Gasteiger partial charge in [-0.05, 0) is 44.4 Å². The number of anilines is 1. The summed E-state index contributed by atoms with van der Waals surface area (Å²) in [5, 5.41) is 3.53. The molecule has 0 atom stereocenters. The molecule has 2 heterocycles. The molecule has 0 radical (unpaired) electrons. The number of aromatic nitrogens is 2. The van der Waals surface area contributed by atoms with E-state index in [-0.39, 0.29) is 0 Å². The van der Waals surface area contributed by atoms with Gasteiger partial charge in [0.2, 0.25) is 0 Å². The maximum Gasteiger partial charge on any atom is 0.123 e. The van der Waals surface area contributed by atoms with Crippen LogP contribution in [0, 0.1) is 0 Å². The molecule has 6 heteroatoms. The molecule has 1 fully saturated rings. The van der Waals surface area contributed by atoms with Gasteiger partial charge in [0.15, 0.2) is 0 Å². The molecule has 1 N–H and O–H groups in total. The van der Waals surface area contributed by atoms with E-state index in [1.807, 2.05) is 32.3 Å². The van der Waals surface area contributed by atoms with E-state index in [4.69, 9.17) is 9.47 Å². The minimum absolute atomic E-state index is 0.478. The van der Waals surface area contributed by atoms with Crippen molar-refractivity contribution in [3.8, 4) is 11.5 Å². The number of nitrogens with one attached hydrogen (secondary N) is 1. The fraction of sp³-hybridized carbons (Fsp3) is 0.500. The van der Waals surface area contributed by atoms with Crippen LogP contribution in [0.3, 0.4) is 0 Å². The molecule has 3 rings (SSSR count). The number of ether oxygens (including phenoxy) is 2. The lowest BCUT2D eigenvalue weighted by molar-refractivity contribution is 0.210. The van der Waals surface area contributed by atoms with E-state index in [9.17, 15) is 0 Å². The zero-order chi connectivity index (χ0) is 18.2. The SMILES string of the molecule is CCOc1cc(CN2CCC(Nc3cncnc3)CC2)cc(OCC)c1. The molecule has 1 saturated heterocycles. The molecule has 1 aromatic heterocycles. The molecule has 6 nitrogen and oxygen atoms in total. The summed E-state index contributed by atoms with van der Waals surface area (Å²) in [4.78, 5) is 10.6. The minimum atomic E-state index is 0.478. The molecule has 0 spiro atoms. The Morgan fingerprint density at radius 1 is 1.00 bits per heavy atom. The maximum absolute atomic E-state index is 5.69. The third-order valence-electron chi connectivity index (χ3n) is 4.49. The highest BCUT2D eigenvalue weighted by molar-refractivity contribution is 5.39. The van der Waals surface area contributed by atoms with E-state index in [2.05, 4.69) is 32.3 Å². The van der Waals surface area contributed by atoms with Crippen LogP contribution < -0.4 is 14.8 Å². The normalized spacial score (nSPS) is 15.6. The molecule has 140 valence electrons. The Balaban J connectivity index is 1.55. The zero-order valence-corrected chi connectivity index (χ0v) is 15.6. The molecule has 1 aliphatic heterocycles. The second kappa shape index (κ2) is 9.38. The van der Waals surface area contributed by atoms with Crippen molar-refractivity contribution in [3.05, 3.63) is 42.5 Å². The summed E-state index contributed by atoms with van der Waals surface area (Å²) in [7, 11) is 0. The average molecular weight is 356 g/mol. The van der Waals surface area contributed by atoms with Crippen LogP contribution in [0.4, 0.5) is 5.69 Å². The summed E-state index contributed by atoms with van der Waals surface area (Å²) in [6.07, 6.45) is 7.43. The van der Waals surface area contributed by atoms with Crippen molar-refractivity contribution in [2.24, 2.45) is 0 Å². The quantitative estimate of drug-likeness (QED) is 0.783. The fourth-order valence-corrected chi connectivity index (χ4v) is 3.32. The summed E-state index contributed by atoms with van der Waals surface area (Å²) in [6, 6.07) is 6.69. The van der Waals surface area contributed by atoms with Gasteiger partial charge in [0, 0.05) is 31.7 Å². The first kappa shape index (κ1) is 18.5. The lowest BCUT2D eigenvalue weighted by atomic mass is 10.0. The zero-order valence-electron chi connectivity index (χ0n) is 15.6. The highest BCUT2D eigenvalue weighted by Gasteiger charge is 2.19. The number of benzene rings is 1. The molecule has 0 bridgehead atoms. The van der Waals surface area contributed by atoms with Crippen molar-refractivity contribution in [2.75, 3.05) is 31.6 Å². The second-order valence-corrected chi connectivity index (χ2v) is 6.50. The van der Waals surface area contributed by atoms with E-state index in [1.54, 1.807) is 6.33 Å². The van der Waals surface area contributed by atoms with Gasteiger partial charge in [-0.1, -0.05) is 0 Å². The van der Waals surface area contributed by atoms with Crippen molar-refractivity contribution in [1.82, 2.24) is 14.9 Å². The molecular weight excluding hydrogens is 328 g/mol. The van der Waals surface area contributed by atoms with E-state index in [0.29, 0.717) is 19.3 Å². The smallest absolute Gasteiger partial charge is 0.123 e. The predicted octanol–water partition coefficient (Wildman–Crippen LogP) is 3.35. The van der Waals surface area contributed by atoms with Gasteiger partial charge in [-0.15, -0.1) is 0 Å². The van der Waals surface area contributed by atoms with Crippen LogP contribution in [0.1, 0.15) is 32.3 Å². The summed E-state index contributed by atoms with van der Waals surface area (Å²) in [5.74, 6) is 1.77. The van der Waals surface area contributed by atoms with Crippen LogP contribution in [0.15, 0.2) is 36.9 Å². The molecular formula is C20H28N4O2. The van der Waals surface area contributed by atoms with Crippen LogP contribution >= 0.6 is 0 Å². The van der Waals surface area contributed by atoms with Gasteiger partial charge in [0.05, 0.1) is 31.3 Å². The number of piperidine rings is 1. The van der Waals surface area contributed by atoms with Gasteiger partial charge < -0.3 is 14.8 Å². The number of hydrogen-bond donors (Lipinski definition) is 1. The van der Waals surface area contributed by atoms with E-state index in [0.717, 1.165) is 49.7 Å². The van der Waals surface area contributed by atoms with Gasteiger partial charge in [-0.25, -0.2) is 9.97 Å². The third kappa shape index (κ3) is 5.33. The first-order valence-electron chi connectivity index (χ1n) is 9.40. The van der Waals surface area contributed by atoms with Crippen LogP contribution in [-0.2, 0) is 6.54 Å². The molecule has 26 heavy (non-hydrogen) atoms. The van der Waals surface area contributed by atoms with Gasteiger partial charge in [-0.2, -0.15) is 0 Å². The number of nitrogens with zero attached hydrogens (tertiary/aromatic N) is 3. The Morgan fingerprint density at radius 3 is 2.19 bits per heavy atom. The predicted molar refractivity (Wildman–Crippen MR) is 103 cm³/mol. The lowest BCUT2D eigenvalue weighted by Gasteiger charge is -2.32. The molecule has 0 amide bonds. The van der Waals surface area contributed by atoms with E-state index in [1.165, 1.54) is 5.56 Å². The average Bonchev–Trinajstić information content (AvgIpc) is 2.65. The molecule has 2 aromatic rings. The summed E-state index contributed by atoms with van der Waals surface area (Å²) >= 11 is 0. The fourth-order valence-electron chi connectivity index (χ4n) is 3.32. The highest BCUT2D eigenvalue weighted by Crippen LogP contribution is 2.25. The van der Waals surface area contributed by atoms with Gasteiger partial charge in [0.1, 0.15) is 17.8 Å². The van der Waals surface area contributed by atoms with Crippen LogP contribution in [0.5, 0.6) is 11.5 Å². The monoisotopic (exact) mass is 356 g/mol. The Bertz CT molecular complexity index is 649. The van der Waals surface area contributed by atoms with Crippen molar-refractivity contribution in [2.45, 2.75) is 39.3 Å². The largest absolute Gasteiger partial charge is 0.494 e. The number of hydrogen-bond acceptors (Lipinski definition) is 6. The van der Waals surface area contributed by atoms with Crippen molar-refractivity contribution in [3.63, 3.8) is 0 Å². The first-order valence-corrected chi connectivity index (χ1v) is 9.40. The molecule has 1 aliphatic rings. The van der Waals surface area contributed by atoms with Gasteiger partial charge in [-0.3, -0.25) is 4.90 Å². The Kier molecular flexibility index (Phi) is 6.66. The summed E-state index contributed by atoms with van der Waals surface area (Å²) in [6.45, 7) is 8.38. The number of rotatable bonds is 8. The molecule has 0 saturated carbocycles. The Morgan fingerprint density at radius 2 is 1.62 bits per heavy atom. The van der Waals surface area contributed by atoms with Crippen LogP contribution in [0.2, 0.25) is 0 Å². The van der Waals surface area contributed by atoms with Crippen molar-refractivity contribution >= 4 is 5.69 Å². The third-order valence-corrected chi connectivity index (χ3v) is 4.49. The highest BCUT2D eigenvalue weighted by atomic mass is 16.5. The molecule has 0 aliphatic carbocycles. The Labute approximate surface area is 155 Å². The Hall–Kier alpha value is -2.34. The van der Waals surface area contributed by atoms with Gasteiger partial charge in [0.25, 0.3) is 0 Å².